The van der Waals surface area contributed by atoms with Gasteiger partial charge in [0.25, 0.3) is 0 Å². The van der Waals surface area contributed by atoms with E-state index in [0.29, 0.717) is 19.4 Å². The number of hydrogen-bond donors (Lipinski definition) is 1. The van der Waals surface area contributed by atoms with E-state index in [0.717, 1.165) is 12.0 Å². The Hall–Kier alpha value is -0.930. The summed E-state index contributed by atoms with van der Waals surface area (Å²) >= 11 is 0. The molecule has 0 bridgehead atoms. The summed E-state index contributed by atoms with van der Waals surface area (Å²) in [5, 5.41) is 9.74. The van der Waals surface area contributed by atoms with Crippen LogP contribution < -0.4 is 0 Å². The Balaban J connectivity index is 2.29. The van der Waals surface area contributed by atoms with Crippen molar-refractivity contribution >= 4 is 0 Å². The highest BCUT2D eigenvalue weighted by atomic mass is 19.1. The average Bonchev–Trinajstić information content (AvgIpc) is 2.29. The maximum Gasteiger partial charge on any atom is 0.123 e. The summed E-state index contributed by atoms with van der Waals surface area (Å²) in [6.07, 6.45) is 1.74. The van der Waals surface area contributed by atoms with Crippen LogP contribution in [-0.2, 0) is 10.3 Å². The Kier molecular flexibility index (Phi) is 3.26. The van der Waals surface area contributed by atoms with Crippen LogP contribution in [0.1, 0.15) is 31.7 Å². The largest absolute Gasteiger partial charge is 0.393 e. The Labute approximate surface area is 95.1 Å². The predicted molar refractivity (Wildman–Crippen MR) is 59.6 cm³/mol. The molecule has 88 valence electrons. The molecule has 0 radical (unpaired) electrons. The van der Waals surface area contributed by atoms with Crippen molar-refractivity contribution < 1.29 is 14.2 Å². The monoisotopic (exact) mass is 224 g/mol. The molecule has 0 aliphatic carbocycles. The van der Waals surface area contributed by atoms with Gasteiger partial charge in [-0.1, -0.05) is 19.1 Å². The first-order chi connectivity index (χ1) is 7.66. The zero-order valence-corrected chi connectivity index (χ0v) is 9.45. The summed E-state index contributed by atoms with van der Waals surface area (Å²) < 4.78 is 18.7. The van der Waals surface area contributed by atoms with E-state index in [9.17, 15) is 9.50 Å². The molecule has 2 unspecified atom stereocenters. The summed E-state index contributed by atoms with van der Waals surface area (Å²) in [5.74, 6) is -0.244. The fraction of sp³-hybridized carbons (Fsp3) is 0.538. The fourth-order valence-corrected chi connectivity index (χ4v) is 2.34. The minimum Gasteiger partial charge on any atom is -0.393 e. The molecule has 0 amide bonds. The number of aliphatic hydroxyl groups is 1. The highest BCUT2D eigenvalue weighted by Crippen LogP contribution is 2.38. The normalized spacial score (nSPS) is 30.3. The lowest BCUT2D eigenvalue weighted by Crippen LogP contribution is -2.39. The van der Waals surface area contributed by atoms with Crippen molar-refractivity contribution in [3.63, 3.8) is 0 Å². The van der Waals surface area contributed by atoms with Gasteiger partial charge in [0, 0.05) is 6.42 Å². The maximum absolute atomic E-state index is 12.9. The van der Waals surface area contributed by atoms with Crippen LogP contribution in [0, 0.1) is 5.82 Å². The van der Waals surface area contributed by atoms with Gasteiger partial charge in [-0.05, 0) is 30.5 Å². The van der Waals surface area contributed by atoms with Gasteiger partial charge < -0.3 is 9.84 Å². The Morgan fingerprint density at radius 3 is 2.69 bits per heavy atom. The summed E-state index contributed by atoms with van der Waals surface area (Å²) in [6.45, 7) is 2.59. The summed E-state index contributed by atoms with van der Waals surface area (Å²) in [5.41, 5.74) is 0.515. The van der Waals surface area contributed by atoms with Gasteiger partial charge in [0.2, 0.25) is 0 Å². The molecule has 1 fully saturated rings. The molecule has 3 heteroatoms. The number of aliphatic hydroxyl groups excluding tert-OH is 1. The third-order valence-electron chi connectivity index (χ3n) is 3.34. The first-order valence-electron chi connectivity index (χ1n) is 5.74. The van der Waals surface area contributed by atoms with E-state index in [4.69, 9.17) is 4.74 Å². The van der Waals surface area contributed by atoms with Crippen LogP contribution in [0.4, 0.5) is 4.39 Å². The summed E-state index contributed by atoms with van der Waals surface area (Å²) in [7, 11) is 0. The van der Waals surface area contributed by atoms with Gasteiger partial charge in [-0.15, -0.1) is 0 Å². The standard InChI is InChI=1S/C13H17FO2/c1-2-13(9-12(15)7-8-16-13)10-3-5-11(14)6-4-10/h3-6,12,15H,2,7-9H2,1H3. The lowest BCUT2D eigenvalue weighted by Gasteiger charge is -2.39. The lowest BCUT2D eigenvalue weighted by molar-refractivity contribution is -0.125. The molecule has 0 spiro atoms. The van der Waals surface area contributed by atoms with Crippen LogP contribution in [0.25, 0.3) is 0 Å². The molecule has 1 heterocycles. The molecule has 2 atom stereocenters. The van der Waals surface area contributed by atoms with Gasteiger partial charge in [-0.25, -0.2) is 4.39 Å². The van der Waals surface area contributed by atoms with Crippen LogP contribution >= 0.6 is 0 Å². The van der Waals surface area contributed by atoms with Gasteiger partial charge in [-0.3, -0.25) is 0 Å². The molecule has 1 aromatic rings. The minimum absolute atomic E-state index is 0.244. The van der Waals surface area contributed by atoms with Crippen molar-refractivity contribution in [2.75, 3.05) is 6.61 Å². The van der Waals surface area contributed by atoms with E-state index in [-0.39, 0.29) is 11.9 Å². The molecule has 1 N–H and O–H groups in total. The quantitative estimate of drug-likeness (QED) is 0.836. The van der Waals surface area contributed by atoms with Crippen molar-refractivity contribution in [2.24, 2.45) is 0 Å². The topological polar surface area (TPSA) is 29.5 Å². The second-order valence-electron chi connectivity index (χ2n) is 4.35. The number of hydrogen-bond acceptors (Lipinski definition) is 2. The third kappa shape index (κ3) is 2.11. The molecule has 2 nitrogen and oxygen atoms in total. The number of rotatable bonds is 2. The van der Waals surface area contributed by atoms with Crippen LogP contribution in [-0.4, -0.2) is 17.8 Å². The first-order valence-corrected chi connectivity index (χ1v) is 5.74. The molecule has 16 heavy (non-hydrogen) atoms. The van der Waals surface area contributed by atoms with Crippen molar-refractivity contribution in [2.45, 2.75) is 37.9 Å². The van der Waals surface area contributed by atoms with E-state index in [2.05, 4.69) is 0 Å². The van der Waals surface area contributed by atoms with E-state index < -0.39 is 5.60 Å². The van der Waals surface area contributed by atoms with E-state index in [1.165, 1.54) is 12.1 Å². The Morgan fingerprint density at radius 1 is 1.44 bits per heavy atom. The molecule has 1 saturated heterocycles. The zero-order chi connectivity index (χ0) is 11.6. The van der Waals surface area contributed by atoms with Crippen molar-refractivity contribution in [1.82, 2.24) is 0 Å². The van der Waals surface area contributed by atoms with Gasteiger partial charge in [0.1, 0.15) is 5.82 Å². The van der Waals surface area contributed by atoms with Gasteiger partial charge in [-0.2, -0.15) is 0 Å². The van der Waals surface area contributed by atoms with Gasteiger partial charge in [0.15, 0.2) is 0 Å². The Bertz CT molecular complexity index is 349. The van der Waals surface area contributed by atoms with Crippen LogP contribution in [0.15, 0.2) is 24.3 Å². The molecular weight excluding hydrogens is 207 g/mol. The molecule has 2 rings (SSSR count). The molecular formula is C13H17FO2. The van der Waals surface area contributed by atoms with E-state index in [1.54, 1.807) is 12.1 Å². The van der Waals surface area contributed by atoms with E-state index >= 15 is 0 Å². The van der Waals surface area contributed by atoms with Crippen LogP contribution in [0.3, 0.4) is 0 Å². The lowest BCUT2D eigenvalue weighted by atomic mass is 9.83. The van der Waals surface area contributed by atoms with Crippen LogP contribution in [0.5, 0.6) is 0 Å². The molecule has 1 aliphatic heterocycles. The maximum atomic E-state index is 12.9. The average molecular weight is 224 g/mol. The second kappa shape index (κ2) is 4.52. The third-order valence-corrected chi connectivity index (χ3v) is 3.34. The van der Waals surface area contributed by atoms with Crippen molar-refractivity contribution in [3.8, 4) is 0 Å². The minimum atomic E-state index is -0.439. The van der Waals surface area contributed by atoms with Gasteiger partial charge >= 0.3 is 0 Å². The first kappa shape index (κ1) is 11.6. The SMILES string of the molecule is CCC1(c2ccc(F)cc2)CC(O)CCO1. The predicted octanol–water partition coefficient (Wildman–Crippen LogP) is 2.60. The summed E-state index contributed by atoms with van der Waals surface area (Å²) in [6, 6.07) is 6.38. The number of halogens is 1. The fourth-order valence-electron chi connectivity index (χ4n) is 2.34. The smallest absolute Gasteiger partial charge is 0.123 e. The second-order valence-corrected chi connectivity index (χ2v) is 4.35. The number of ether oxygens (including phenoxy) is 1. The molecule has 0 saturated carbocycles. The summed E-state index contributed by atoms with van der Waals surface area (Å²) in [4.78, 5) is 0. The molecule has 1 aromatic carbocycles. The van der Waals surface area contributed by atoms with Crippen LogP contribution in [0.2, 0.25) is 0 Å². The van der Waals surface area contributed by atoms with Gasteiger partial charge in [0.05, 0.1) is 18.3 Å². The Morgan fingerprint density at radius 2 is 2.12 bits per heavy atom. The molecule has 1 aliphatic rings. The molecule has 0 aromatic heterocycles. The highest BCUT2D eigenvalue weighted by molar-refractivity contribution is 5.24. The number of benzene rings is 1. The van der Waals surface area contributed by atoms with Crippen molar-refractivity contribution in [3.05, 3.63) is 35.6 Å². The van der Waals surface area contributed by atoms with Crippen molar-refractivity contribution in [1.29, 1.82) is 0 Å². The highest BCUT2D eigenvalue weighted by Gasteiger charge is 2.36. The van der Waals surface area contributed by atoms with E-state index in [1.807, 2.05) is 6.92 Å². The zero-order valence-electron chi connectivity index (χ0n) is 9.45.